The summed E-state index contributed by atoms with van der Waals surface area (Å²) in [4.78, 5) is 17.4. The average Bonchev–Trinajstić information content (AvgIpc) is 3.50. The van der Waals surface area contributed by atoms with Crippen LogP contribution >= 0.6 is 0 Å². The number of benzene rings is 1. The van der Waals surface area contributed by atoms with E-state index >= 15 is 0 Å². The zero-order chi connectivity index (χ0) is 22.9. The minimum atomic E-state index is -0.231. The van der Waals surface area contributed by atoms with Crippen molar-refractivity contribution in [2.75, 3.05) is 19.8 Å². The van der Waals surface area contributed by atoms with Gasteiger partial charge in [-0.3, -0.25) is 0 Å². The number of aryl methyl sites for hydroxylation is 1. The van der Waals surface area contributed by atoms with Crippen LogP contribution in [0.15, 0.2) is 55.0 Å². The fourth-order valence-electron chi connectivity index (χ4n) is 3.79. The van der Waals surface area contributed by atoms with Gasteiger partial charge in [-0.1, -0.05) is 0 Å². The Balaban J connectivity index is 1.49. The van der Waals surface area contributed by atoms with Crippen LogP contribution in [-0.2, 0) is 30.6 Å². The Kier molecular flexibility index (Phi) is 8.67. The number of carbonyl (C=O) groups excluding carboxylic acids is 1. The Labute approximate surface area is 205 Å². The van der Waals surface area contributed by atoms with Crippen LogP contribution in [0.25, 0.3) is 0 Å². The summed E-state index contributed by atoms with van der Waals surface area (Å²) in [7, 11) is 0. The van der Waals surface area contributed by atoms with Crippen molar-refractivity contribution in [2.24, 2.45) is 0 Å². The van der Waals surface area contributed by atoms with E-state index in [4.69, 9.17) is 14.2 Å². The molecule has 0 bridgehead atoms. The summed E-state index contributed by atoms with van der Waals surface area (Å²) < 4.78 is 20.7. The molecular formula is C25H29N3O4W. The van der Waals surface area contributed by atoms with Gasteiger partial charge < -0.3 is 4.74 Å². The molecule has 8 heteroatoms. The molecule has 0 radical (unpaired) electrons. The molecule has 3 heterocycles. The molecule has 1 atom stereocenters. The van der Waals surface area contributed by atoms with Crippen molar-refractivity contribution in [1.82, 2.24) is 14.9 Å². The first kappa shape index (κ1) is 23.6. The van der Waals surface area contributed by atoms with Crippen LogP contribution in [0.2, 0.25) is 0 Å². The van der Waals surface area contributed by atoms with Gasteiger partial charge in [0.05, 0.1) is 13.2 Å². The predicted molar refractivity (Wildman–Crippen MR) is 122 cm³/mol. The summed E-state index contributed by atoms with van der Waals surface area (Å²) >= 11 is 1.35. The van der Waals surface area contributed by atoms with Crippen molar-refractivity contribution < 1.29 is 38.4 Å². The van der Waals surface area contributed by atoms with E-state index in [1.54, 1.807) is 12.3 Å². The molecule has 7 nitrogen and oxygen atoms in total. The molecule has 1 aromatic heterocycles. The molecule has 2 aromatic rings. The topological polar surface area (TPSA) is 74.6 Å². The van der Waals surface area contributed by atoms with Crippen LogP contribution in [0.4, 0.5) is 0 Å². The quantitative estimate of drug-likeness (QED) is 0.557. The second-order valence-electron chi connectivity index (χ2n) is 8.02. The zero-order valence-corrected chi connectivity index (χ0v) is 21.5. The molecule has 1 N–H and O–H groups in total. The third kappa shape index (κ3) is 6.75. The molecule has 33 heavy (non-hydrogen) atoms. The number of aromatic nitrogens is 2. The molecule has 174 valence electrons. The van der Waals surface area contributed by atoms with Gasteiger partial charge in [0, 0.05) is 6.42 Å². The van der Waals surface area contributed by atoms with Crippen LogP contribution in [-0.4, -0.2) is 45.3 Å². The Bertz CT molecular complexity index is 1020. The monoisotopic (exact) mass is 619 g/mol. The fraction of sp³-hybridized carbons (Fsp3) is 0.400. The van der Waals surface area contributed by atoms with E-state index in [2.05, 4.69) is 14.9 Å². The first-order chi connectivity index (χ1) is 16.2. The van der Waals surface area contributed by atoms with Gasteiger partial charge in [0.1, 0.15) is 0 Å². The van der Waals surface area contributed by atoms with Crippen molar-refractivity contribution in [2.45, 2.75) is 44.8 Å². The van der Waals surface area contributed by atoms with Gasteiger partial charge in [0.15, 0.2) is 0 Å². The van der Waals surface area contributed by atoms with Crippen LogP contribution < -0.4 is 14.8 Å². The van der Waals surface area contributed by atoms with E-state index in [0.29, 0.717) is 36.9 Å². The third-order valence-corrected chi connectivity index (χ3v) is 6.69. The minimum absolute atomic E-state index is 0.0217. The molecule has 1 amide bonds. The van der Waals surface area contributed by atoms with E-state index in [-0.39, 0.29) is 12.0 Å². The average molecular weight is 619 g/mol. The second kappa shape index (κ2) is 12.1. The number of hydrogen-bond donors (Lipinski definition) is 1. The van der Waals surface area contributed by atoms with E-state index in [1.165, 1.54) is 19.4 Å². The fourth-order valence-corrected chi connectivity index (χ4v) is 4.69. The zero-order valence-electron chi connectivity index (χ0n) is 18.6. The number of ether oxygens (including phenoxy) is 3. The van der Waals surface area contributed by atoms with Crippen molar-refractivity contribution in [1.29, 1.82) is 0 Å². The number of fused-ring (bicyclic) bond motifs is 2. The summed E-state index contributed by atoms with van der Waals surface area (Å²) in [6.45, 7) is 2.82. The molecule has 1 fully saturated rings. The van der Waals surface area contributed by atoms with Crippen molar-refractivity contribution in [3.05, 3.63) is 66.4 Å². The molecule has 1 unspecified atom stereocenters. The molecule has 4 rings (SSSR count). The summed E-state index contributed by atoms with van der Waals surface area (Å²) in [6, 6.07) is 5.44. The van der Waals surface area contributed by atoms with Crippen LogP contribution in [0.1, 0.15) is 48.3 Å². The number of nitrogens with one attached hydrogen (secondary N) is 1. The second-order valence-corrected chi connectivity index (χ2v) is 9.60. The Hall–Kier alpha value is -2.50. The van der Waals surface area contributed by atoms with E-state index in [1.807, 2.05) is 42.8 Å². The standard InChI is InChI=1S/C25H29N3O4.W/c29-25-22-18-20(32-21-11-17-30-19-21)9-10-23(22)31-16-7-2-1-6-14-28-15-13-26-24(28)8-4-3-5-12-27-25;/h3-5,9-10,12-13,15,18,21H,1-2,6-7,11,14,16-17,19H2,(H,27,29);. The third-order valence-electron chi connectivity index (χ3n) is 5.54. The number of carbonyl (C=O) groups is 1. The molecule has 0 aliphatic carbocycles. The van der Waals surface area contributed by atoms with Crippen LogP contribution in [0.5, 0.6) is 11.5 Å². The van der Waals surface area contributed by atoms with Crippen LogP contribution in [0, 0.1) is 0 Å². The molecule has 0 saturated carbocycles. The number of imidazole rings is 1. The Morgan fingerprint density at radius 1 is 1.15 bits per heavy atom. The number of allylic oxidation sites excluding steroid dienone is 3. The van der Waals surface area contributed by atoms with Crippen molar-refractivity contribution >= 4 is 9.81 Å². The molecule has 1 saturated heterocycles. The van der Waals surface area contributed by atoms with Gasteiger partial charge >= 0.3 is 181 Å². The first-order valence-corrected chi connectivity index (χ1v) is 12.9. The van der Waals surface area contributed by atoms with E-state index < -0.39 is 0 Å². The van der Waals surface area contributed by atoms with Crippen LogP contribution in [0.3, 0.4) is 0 Å². The van der Waals surface area contributed by atoms with Gasteiger partial charge in [-0.2, -0.15) is 0 Å². The van der Waals surface area contributed by atoms with E-state index in [9.17, 15) is 4.79 Å². The Morgan fingerprint density at radius 3 is 2.94 bits per heavy atom. The van der Waals surface area contributed by atoms with Crippen molar-refractivity contribution in [3.8, 4) is 11.5 Å². The summed E-state index contributed by atoms with van der Waals surface area (Å²) in [5, 5.41) is 2.84. The van der Waals surface area contributed by atoms with Gasteiger partial charge in [-0.25, -0.2) is 0 Å². The van der Waals surface area contributed by atoms with Gasteiger partial charge in [0.25, 0.3) is 0 Å². The summed E-state index contributed by atoms with van der Waals surface area (Å²) in [6.07, 6.45) is 16.4. The summed E-state index contributed by atoms with van der Waals surface area (Å²) in [5.74, 6) is 2.00. The number of rotatable bonds is 2. The van der Waals surface area contributed by atoms with E-state index in [0.717, 1.165) is 48.4 Å². The molecule has 0 spiro atoms. The van der Waals surface area contributed by atoms with Gasteiger partial charge in [-0.05, 0) is 0 Å². The van der Waals surface area contributed by atoms with Gasteiger partial charge in [-0.15, -0.1) is 0 Å². The Morgan fingerprint density at radius 2 is 2.06 bits per heavy atom. The number of amides is 1. The molecule has 2 aliphatic heterocycles. The maximum atomic E-state index is 12.9. The van der Waals surface area contributed by atoms with Gasteiger partial charge in [0.2, 0.25) is 0 Å². The number of nitrogens with zero attached hydrogens (tertiary/aromatic N) is 2. The maximum absolute atomic E-state index is 12.9. The molecule has 1 aromatic carbocycles. The molecule has 2 aliphatic rings. The van der Waals surface area contributed by atoms with Crippen molar-refractivity contribution in [3.63, 3.8) is 0 Å². The predicted octanol–water partition coefficient (Wildman–Crippen LogP) is 3.57. The first-order valence-electron chi connectivity index (χ1n) is 11.4. The summed E-state index contributed by atoms with van der Waals surface area (Å²) in [5.41, 5.74) is 0.468. The normalized spacial score (nSPS) is 20.2. The number of hydrogen-bond acceptors (Lipinski definition) is 5. The SMILES string of the molecule is O=C1NC=CC=C[C](=[W])c2nccn2CCCCCCOc2ccc(OC3CCOC3)cc21. The molecular weight excluding hydrogens is 590 g/mol.